The number of nitrogens with zero attached hydrogens (tertiary/aromatic N) is 1. The van der Waals surface area contributed by atoms with Gasteiger partial charge in [-0.15, -0.1) is 0 Å². The Bertz CT molecular complexity index is 1130. The molecule has 0 fully saturated rings. The Labute approximate surface area is 148 Å². The highest BCUT2D eigenvalue weighted by Gasteiger charge is 2.40. The topological polar surface area (TPSA) is 96.3 Å². The molecular weight excluding hydrogens is 332 g/mol. The molecule has 2 unspecified atom stereocenters. The number of fused-ring (bicyclic) bond motifs is 3. The third kappa shape index (κ3) is 2.33. The van der Waals surface area contributed by atoms with Crippen LogP contribution < -0.4 is 15.1 Å². The molecule has 4 rings (SSSR count). The number of hydrogen-bond donors (Lipinski definition) is 1. The lowest BCUT2D eigenvalue weighted by molar-refractivity contribution is 0.407. The Kier molecular flexibility index (Phi) is 3.70. The molecular formula is C20H14N2O4. The Morgan fingerprint density at radius 1 is 1.19 bits per heavy atom. The second-order valence-electron chi connectivity index (χ2n) is 5.96. The third-order valence-corrected chi connectivity index (χ3v) is 4.54. The van der Waals surface area contributed by atoms with E-state index in [1.807, 2.05) is 24.3 Å². The van der Waals surface area contributed by atoms with E-state index in [4.69, 9.17) is 19.3 Å². The molecule has 6 nitrogen and oxygen atoms in total. The summed E-state index contributed by atoms with van der Waals surface area (Å²) in [5.41, 5.74) is 1.08. The predicted molar refractivity (Wildman–Crippen MR) is 94.8 cm³/mol. The fourth-order valence-electron chi connectivity index (χ4n) is 3.38. The maximum absolute atomic E-state index is 12.4. The molecule has 0 spiro atoms. The Hall–Kier alpha value is -3.59. The van der Waals surface area contributed by atoms with Crippen molar-refractivity contribution in [2.75, 3.05) is 7.11 Å². The van der Waals surface area contributed by atoms with Crippen molar-refractivity contribution >= 4 is 16.9 Å². The summed E-state index contributed by atoms with van der Waals surface area (Å²) in [6, 6.07) is 16.5. The molecule has 0 saturated heterocycles. The number of rotatable bonds is 2. The molecule has 1 aliphatic rings. The molecule has 0 bridgehead atoms. The van der Waals surface area contributed by atoms with E-state index in [0.29, 0.717) is 22.3 Å². The highest BCUT2D eigenvalue weighted by atomic mass is 16.5. The normalized spacial score (nSPS) is 18.7. The van der Waals surface area contributed by atoms with Crippen LogP contribution in [0.2, 0.25) is 0 Å². The van der Waals surface area contributed by atoms with E-state index < -0.39 is 17.5 Å². The van der Waals surface area contributed by atoms with Gasteiger partial charge in [0, 0.05) is 16.9 Å². The second-order valence-corrected chi connectivity index (χ2v) is 5.96. The van der Waals surface area contributed by atoms with Gasteiger partial charge < -0.3 is 13.9 Å². The van der Waals surface area contributed by atoms with Crippen LogP contribution in [0.4, 0.5) is 0 Å². The summed E-state index contributed by atoms with van der Waals surface area (Å²) >= 11 is 0. The van der Waals surface area contributed by atoms with Gasteiger partial charge in [-0.25, -0.2) is 4.79 Å². The molecule has 2 atom stereocenters. The minimum absolute atomic E-state index is 0.0342. The maximum Gasteiger partial charge on any atom is 0.380 e. The van der Waals surface area contributed by atoms with Crippen LogP contribution in [-0.4, -0.2) is 13.0 Å². The summed E-state index contributed by atoms with van der Waals surface area (Å²) in [7, 11) is 1.56. The van der Waals surface area contributed by atoms with Gasteiger partial charge in [-0.3, -0.25) is 5.41 Å². The lowest BCUT2D eigenvalue weighted by Gasteiger charge is -2.30. The van der Waals surface area contributed by atoms with Crippen LogP contribution in [-0.2, 0) is 0 Å². The first-order valence-electron chi connectivity index (χ1n) is 7.99. The largest absolute Gasteiger partial charge is 0.497 e. The van der Waals surface area contributed by atoms with Crippen molar-refractivity contribution in [3.05, 3.63) is 70.1 Å². The number of nitrogens with one attached hydrogen (secondary N) is 1. The standard InChI is InChI=1S/C20H14N2O4/c1-24-12-6-4-5-11(9-12)16-14(10-21)19(22)26-18-17(16)13-7-2-3-8-15(13)25-20(18)23/h2-9,14,16,22H,1H3. The smallest absolute Gasteiger partial charge is 0.380 e. The fraction of sp³-hybridized carbons (Fsp3) is 0.150. The molecule has 6 heteroatoms. The molecule has 0 aliphatic carbocycles. The van der Waals surface area contributed by atoms with Crippen molar-refractivity contribution in [1.29, 1.82) is 10.7 Å². The van der Waals surface area contributed by atoms with Crippen LogP contribution in [0.5, 0.6) is 11.5 Å². The second kappa shape index (κ2) is 6.05. The molecule has 0 amide bonds. The van der Waals surface area contributed by atoms with Crippen molar-refractivity contribution < 1.29 is 13.9 Å². The van der Waals surface area contributed by atoms with Gasteiger partial charge in [0.05, 0.1) is 13.2 Å². The summed E-state index contributed by atoms with van der Waals surface area (Å²) in [5, 5.41) is 18.5. The number of ether oxygens (including phenoxy) is 2. The molecule has 1 N–H and O–H groups in total. The van der Waals surface area contributed by atoms with E-state index in [1.165, 1.54) is 0 Å². The summed E-state index contributed by atoms with van der Waals surface area (Å²) in [6.07, 6.45) is 0. The number of benzene rings is 2. The van der Waals surface area contributed by atoms with Gasteiger partial charge in [-0.1, -0.05) is 30.3 Å². The van der Waals surface area contributed by atoms with Crippen LogP contribution in [0.1, 0.15) is 17.0 Å². The minimum Gasteiger partial charge on any atom is -0.497 e. The van der Waals surface area contributed by atoms with Gasteiger partial charge in [0.2, 0.25) is 11.6 Å². The van der Waals surface area contributed by atoms with Crippen LogP contribution in [0.3, 0.4) is 0 Å². The molecule has 3 aromatic rings. The molecule has 2 heterocycles. The number of methoxy groups -OCH3 is 1. The molecule has 1 aromatic heterocycles. The van der Waals surface area contributed by atoms with Gasteiger partial charge in [-0.05, 0) is 23.8 Å². The van der Waals surface area contributed by atoms with Gasteiger partial charge in [0.1, 0.15) is 17.3 Å². The lowest BCUT2D eigenvalue weighted by atomic mass is 9.78. The van der Waals surface area contributed by atoms with Crippen molar-refractivity contribution in [2.45, 2.75) is 5.92 Å². The Morgan fingerprint density at radius 2 is 2.00 bits per heavy atom. The van der Waals surface area contributed by atoms with Gasteiger partial charge >= 0.3 is 5.63 Å². The summed E-state index contributed by atoms with van der Waals surface area (Å²) < 4.78 is 16.0. The van der Waals surface area contributed by atoms with E-state index in [0.717, 1.165) is 5.56 Å². The number of nitriles is 1. The molecule has 2 aromatic carbocycles. The van der Waals surface area contributed by atoms with Gasteiger partial charge in [-0.2, -0.15) is 5.26 Å². The van der Waals surface area contributed by atoms with Crippen LogP contribution in [0, 0.1) is 22.7 Å². The highest BCUT2D eigenvalue weighted by molar-refractivity contribution is 5.91. The molecule has 128 valence electrons. The first kappa shape index (κ1) is 15.9. The Morgan fingerprint density at radius 3 is 2.77 bits per heavy atom. The first-order valence-corrected chi connectivity index (χ1v) is 7.99. The third-order valence-electron chi connectivity index (χ3n) is 4.54. The zero-order valence-corrected chi connectivity index (χ0v) is 13.9. The summed E-state index contributed by atoms with van der Waals surface area (Å²) in [6.45, 7) is 0. The predicted octanol–water partition coefficient (Wildman–Crippen LogP) is 3.44. The monoisotopic (exact) mass is 346 g/mol. The zero-order valence-electron chi connectivity index (χ0n) is 13.9. The van der Waals surface area contributed by atoms with Crippen molar-refractivity contribution in [3.63, 3.8) is 0 Å². The molecule has 1 aliphatic heterocycles. The quantitative estimate of drug-likeness (QED) is 0.717. The SMILES string of the molecule is COc1cccc(C2c3c(c(=O)oc4ccccc34)OC(=N)C2C#N)c1. The number of para-hydroxylation sites is 1. The molecule has 0 radical (unpaired) electrons. The van der Waals surface area contributed by atoms with E-state index >= 15 is 0 Å². The summed E-state index contributed by atoms with van der Waals surface area (Å²) in [5.74, 6) is -1.07. The van der Waals surface area contributed by atoms with Crippen molar-refractivity contribution in [1.82, 2.24) is 0 Å². The average Bonchev–Trinajstić information content (AvgIpc) is 2.67. The lowest BCUT2D eigenvalue weighted by Crippen LogP contribution is -2.33. The Balaban J connectivity index is 2.08. The van der Waals surface area contributed by atoms with E-state index in [2.05, 4.69) is 6.07 Å². The van der Waals surface area contributed by atoms with Crippen LogP contribution in [0.15, 0.2) is 57.7 Å². The highest BCUT2D eigenvalue weighted by Crippen LogP contribution is 2.44. The fourth-order valence-corrected chi connectivity index (χ4v) is 3.38. The molecule has 0 saturated carbocycles. The molecule has 26 heavy (non-hydrogen) atoms. The van der Waals surface area contributed by atoms with Crippen LogP contribution in [0.25, 0.3) is 11.0 Å². The van der Waals surface area contributed by atoms with Gasteiger partial charge in [0.15, 0.2) is 0 Å². The summed E-state index contributed by atoms with van der Waals surface area (Å²) in [4.78, 5) is 12.4. The average molecular weight is 346 g/mol. The minimum atomic E-state index is -0.861. The zero-order chi connectivity index (χ0) is 18.3. The van der Waals surface area contributed by atoms with Gasteiger partial charge in [0.25, 0.3) is 0 Å². The van der Waals surface area contributed by atoms with E-state index in [1.54, 1.807) is 31.4 Å². The van der Waals surface area contributed by atoms with Crippen molar-refractivity contribution in [2.24, 2.45) is 5.92 Å². The van der Waals surface area contributed by atoms with E-state index in [9.17, 15) is 10.1 Å². The van der Waals surface area contributed by atoms with Crippen LogP contribution >= 0.6 is 0 Å². The van der Waals surface area contributed by atoms with E-state index in [-0.39, 0.29) is 11.6 Å². The number of hydrogen-bond acceptors (Lipinski definition) is 6. The van der Waals surface area contributed by atoms with Crippen molar-refractivity contribution in [3.8, 4) is 17.6 Å². The maximum atomic E-state index is 12.4. The first-order chi connectivity index (χ1) is 12.6.